The second-order valence-corrected chi connectivity index (χ2v) is 8.06. The lowest BCUT2D eigenvalue weighted by molar-refractivity contribution is 0.0729. The van der Waals surface area contributed by atoms with Gasteiger partial charge in [-0.2, -0.15) is 20.1 Å². The number of methoxy groups -OCH3 is 2. The molecule has 1 N–H and O–H groups in total. The van der Waals surface area contributed by atoms with E-state index in [1.165, 1.54) is 4.80 Å². The second-order valence-electron chi connectivity index (χ2n) is 8.06. The number of aryl methyl sites for hydroxylation is 1. The molecule has 0 bridgehead atoms. The van der Waals surface area contributed by atoms with Crippen molar-refractivity contribution in [1.29, 1.82) is 0 Å². The van der Waals surface area contributed by atoms with Crippen LogP contribution in [0.1, 0.15) is 40.6 Å². The van der Waals surface area contributed by atoms with Gasteiger partial charge in [0.2, 0.25) is 0 Å². The Hall–Kier alpha value is -4.21. The predicted molar refractivity (Wildman–Crippen MR) is 124 cm³/mol. The fraction of sp³-hybridized carbons (Fsp3) is 0.292. The Balaban J connectivity index is 1.50. The molecule has 10 nitrogen and oxygen atoms in total. The predicted octanol–water partition coefficient (Wildman–Crippen LogP) is 3.36. The molecule has 4 aromatic rings. The average Bonchev–Trinajstić information content (AvgIpc) is 3.64. The molecule has 5 rings (SSSR count). The highest BCUT2D eigenvalue weighted by atomic mass is 16.5. The molecule has 3 heterocycles. The van der Waals surface area contributed by atoms with Crippen LogP contribution in [-0.4, -0.2) is 61.7 Å². The van der Waals surface area contributed by atoms with Gasteiger partial charge in [-0.15, -0.1) is 0 Å². The summed E-state index contributed by atoms with van der Waals surface area (Å²) in [6, 6.07) is 11.0. The molecule has 1 saturated heterocycles. The number of aromatic nitrogens is 6. The maximum absolute atomic E-state index is 13.8. The molecule has 10 heteroatoms. The van der Waals surface area contributed by atoms with E-state index in [2.05, 4.69) is 20.4 Å². The van der Waals surface area contributed by atoms with Crippen molar-refractivity contribution in [2.75, 3.05) is 20.8 Å². The zero-order chi connectivity index (χ0) is 23.7. The normalized spacial score (nSPS) is 15.5. The first-order chi connectivity index (χ1) is 16.6. The zero-order valence-corrected chi connectivity index (χ0v) is 19.2. The molecule has 1 unspecified atom stereocenters. The van der Waals surface area contributed by atoms with E-state index in [4.69, 9.17) is 14.5 Å². The topological polar surface area (TPSA) is 111 Å². The molecule has 0 saturated carbocycles. The van der Waals surface area contributed by atoms with Crippen molar-refractivity contribution >= 4 is 5.91 Å². The van der Waals surface area contributed by atoms with Gasteiger partial charge in [-0.25, -0.2) is 4.98 Å². The van der Waals surface area contributed by atoms with Crippen LogP contribution in [0.5, 0.6) is 11.5 Å². The van der Waals surface area contributed by atoms with Crippen LogP contribution in [0.15, 0.2) is 48.8 Å². The lowest BCUT2D eigenvalue weighted by atomic mass is 10.1. The number of H-pyrrole nitrogens is 1. The molecule has 1 aliphatic heterocycles. The summed E-state index contributed by atoms with van der Waals surface area (Å²) in [5, 5.41) is 15.9. The van der Waals surface area contributed by atoms with Gasteiger partial charge in [0.25, 0.3) is 5.91 Å². The van der Waals surface area contributed by atoms with E-state index in [9.17, 15) is 4.79 Å². The van der Waals surface area contributed by atoms with E-state index < -0.39 is 0 Å². The fourth-order valence-electron chi connectivity index (χ4n) is 4.39. The Morgan fingerprint density at radius 3 is 2.62 bits per heavy atom. The maximum atomic E-state index is 13.8. The average molecular weight is 460 g/mol. The number of likely N-dealkylation sites (tertiary alicyclic amines) is 1. The van der Waals surface area contributed by atoms with Gasteiger partial charge < -0.3 is 14.4 Å². The first-order valence-corrected chi connectivity index (χ1v) is 11.0. The number of carbonyl (C=O) groups is 1. The van der Waals surface area contributed by atoms with Crippen LogP contribution in [0.3, 0.4) is 0 Å². The second kappa shape index (κ2) is 8.97. The maximum Gasteiger partial charge on any atom is 0.256 e. The molecule has 1 atom stereocenters. The van der Waals surface area contributed by atoms with Crippen LogP contribution in [0.2, 0.25) is 0 Å². The first kappa shape index (κ1) is 21.6. The summed E-state index contributed by atoms with van der Waals surface area (Å²) < 4.78 is 10.9. The van der Waals surface area contributed by atoms with Crippen LogP contribution >= 0.6 is 0 Å². The van der Waals surface area contributed by atoms with Gasteiger partial charge in [-0.05, 0) is 49.6 Å². The molecule has 0 spiro atoms. The minimum atomic E-state index is -0.228. The third-order valence-electron chi connectivity index (χ3n) is 6.06. The van der Waals surface area contributed by atoms with Gasteiger partial charge in [0.15, 0.2) is 5.82 Å². The Kier molecular flexibility index (Phi) is 5.70. The monoisotopic (exact) mass is 459 g/mol. The molecular weight excluding hydrogens is 434 g/mol. The van der Waals surface area contributed by atoms with Crippen LogP contribution < -0.4 is 9.47 Å². The summed E-state index contributed by atoms with van der Waals surface area (Å²) in [4.78, 5) is 21.8. The van der Waals surface area contributed by atoms with E-state index in [0.29, 0.717) is 40.9 Å². The number of benzene rings is 2. The molecule has 34 heavy (non-hydrogen) atoms. The highest BCUT2D eigenvalue weighted by molar-refractivity contribution is 5.98. The quantitative estimate of drug-likeness (QED) is 0.471. The number of ether oxygens (including phenoxy) is 2. The molecular formula is C24H25N7O3. The minimum Gasteiger partial charge on any atom is -0.496 e. The number of nitrogens with one attached hydrogen (secondary N) is 1. The van der Waals surface area contributed by atoms with Gasteiger partial charge in [0, 0.05) is 6.54 Å². The largest absolute Gasteiger partial charge is 0.496 e. The van der Waals surface area contributed by atoms with Crippen molar-refractivity contribution < 1.29 is 14.3 Å². The number of rotatable bonds is 6. The molecule has 2 aromatic heterocycles. The highest BCUT2D eigenvalue weighted by Gasteiger charge is 2.35. The number of aromatic amines is 1. The zero-order valence-electron chi connectivity index (χ0n) is 19.2. The van der Waals surface area contributed by atoms with Crippen molar-refractivity contribution in [1.82, 2.24) is 35.1 Å². The summed E-state index contributed by atoms with van der Waals surface area (Å²) in [6.45, 7) is 2.53. The lowest BCUT2D eigenvalue weighted by Gasteiger charge is -2.24. The van der Waals surface area contributed by atoms with Crippen molar-refractivity contribution in [3.8, 4) is 28.6 Å². The Bertz CT molecular complexity index is 1320. The number of carbonyl (C=O) groups excluding carboxylic acids is 1. The minimum absolute atomic E-state index is 0.136. The number of nitrogens with zero attached hydrogens (tertiary/aromatic N) is 6. The van der Waals surface area contributed by atoms with E-state index in [0.717, 1.165) is 24.0 Å². The van der Waals surface area contributed by atoms with Gasteiger partial charge in [-0.1, -0.05) is 12.1 Å². The molecule has 1 amide bonds. The van der Waals surface area contributed by atoms with Gasteiger partial charge in [-0.3, -0.25) is 9.89 Å². The molecule has 0 aliphatic carbocycles. The SMILES string of the molecule is COc1cc(C(=O)N2CCCC2c2nc(-c3ccccc3OC)n[nH]2)c(-n2nccn2)cc1C. The Labute approximate surface area is 196 Å². The van der Waals surface area contributed by atoms with Crippen molar-refractivity contribution in [2.45, 2.75) is 25.8 Å². The molecule has 1 aliphatic rings. The first-order valence-electron chi connectivity index (χ1n) is 11.0. The van der Waals surface area contributed by atoms with E-state index >= 15 is 0 Å². The van der Waals surface area contributed by atoms with Gasteiger partial charge in [0.1, 0.15) is 17.3 Å². The van der Waals surface area contributed by atoms with E-state index in [1.54, 1.807) is 32.7 Å². The van der Waals surface area contributed by atoms with Crippen LogP contribution in [-0.2, 0) is 0 Å². The number of amides is 1. The van der Waals surface area contributed by atoms with Gasteiger partial charge >= 0.3 is 0 Å². The highest BCUT2D eigenvalue weighted by Crippen LogP contribution is 2.35. The number of para-hydroxylation sites is 1. The third kappa shape index (κ3) is 3.76. The van der Waals surface area contributed by atoms with E-state index in [1.807, 2.05) is 42.2 Å². The molecule has 1 fully saturated rings. The van der Waals surface area contributed by atoms with Crippen LogP contribution in [0.4, 0.5) is 0 Å². The summed E-state index contributed by atoms with van der Waals surface area (Å²) >= 11 is 0. The summed E-state index contributed by atoms with van der Waals surface area (Å²) in [7, 11) is 3.21. The summed E-state index contributed by atoms with van der Waals surface area (Å²) in [5.74, 6) is 2.36. The fourth-order valence-corrected chi connectivity index (χ4v) is 4.39. The number of hydrogen-bond acceptors (Lipinski definition) is 7. The standard InChI is InChI=1S/C24H25N7O3/c1-15-13-19(31-25-10-11-26-31)17(14-21(15)34-3)24(32)30-12-6-8-18(30)23-27-22(28-29-23)16-7-4-5-9-20(16)33-2/h4-5,7,9-11,13-14,18H,6,8,12H2,1-3H3,(H,27,28,29). The molecule has 0 radical (unpaired) electrons. The Morgan fingerprint density at radius 2 is 1.85 bits per heavy atom. The van der Waals surface area contributed by atoms with Crippen molar-refractivity contribution in [3.63, 3.8) is 0 Å². The summed E-state index contributed by atoms with van der Waals surface area (Å²) in [6.07, 6.45) is 4.81. The third-order valence-corrected chi connectivity index (χ3v) is 6.06. The Morgan fingerprint density at radius 1 is 1.09 bits per heavy atom. The smallest absolute Gasteiger partial charge is 0.256 e. The van der Waals surface area contributed by atoms with E-state index in [-0.39, 0.29) is 11.9 Å². The number of hydrogen-bond donors (Lipinski definition) is 1. The lowest BCUT2D eigenvalue weighted by Crippen LogP contribution is -2.32. The summed E-state index contributed by atoms with van der Waals surface area (Å²) in [5.41, 5.74) is 2.75. The molecule has 2 aromatic carbocycles. The van der Waals surface area contributed by atoms with Crippen LogP contribution in [0.25, 0.3) is 17.1 Å². The molecule has 174 valence electrons. The van der Waals surface area contributed by atoms with Crippen LogP contribution in [0, 0.1) is 6.92 Å². The van der Waals surface area contributed by atoms with Crippen molar-refractivity contribution in [3.05, 3.63) is 65.7 Å². The van der Waals surface area contributed by atoms with Gasteiger partial charge in [0.05, 0.1) is 49.5 Å². The van der Waals surface area contributed by atoms with Crippen molar-refractivity contribution in [2.24, 2.45) is 0 Å².